The summed E-state index contributed by atoms with van der Waals surface area (Å²) in [6.45, 7) is 7.15. The van der Waals surface area contributed by atoms with Crippen LogP contribution in [-0.2, 0) is 18.2 Å². The molecule has 1 amide bonds. The minimum absolute atomic E-state index is 0.211. The Bertz CT molecular complexity index is 1060. The first-order chi connectivity index (χ1) is 14.2. The van der Waals surface area contributed by atoms with Gasteiger partial charge in [0.2, 0.25) is 0 Å². The van der Waals surface area contributed by atoms with Crippen LogP contribution in [0, 0.1) is 0 Å². The minimum atomic E-state index is -0.455. The fraction of sp³-hybridized carbons (Fsp3) is 0.500. The molecular weight excluding hydrogens is 446 g/mol. The lowest BCUT2D eigenvalue weighted by molar-refractivity contribution is 0.0205. The van der Waals surface area contributed by atoms with Crippen LogP contribution < -0.4 is 0 Å². The van der Waals surface area contributed by atoms with Gasteiger partial charge in [0, 0.05) is 50.7 Å². The van der Waals surface area contributed by atoms with E-state index in [1.807, 2.05) is 38.9 Å². The molecule has 1 aliphatic rings. The smallest absolute Gasteiger partial charge is 0.410 e. The summed E-state index contributed by atoms with van der Waals surface area (Å²) in [7, 11) is 1.92. The standard InChI is InChI=1S/C22H28BrN5O2/c1-22(2,3)30-21(29)27-9-7-15(8-10-27)16-5-6-19-24-18(14-28(19)13-16)11-17-12-26(4)25-20(17)23/h5-6,12-15H,7-11H2,1-4H3. The van der Waals surface area contributed by atoms with Crippen molar-refractivity contribution in [3.05, 3.63) is 52.1 Å². The molecule has 4 rings (SSSR count). The van der Waals surface area contributed by atoms with Crippen molar-refractivity contribution in [2.75, 3.05) is 13.1 Å². The van der Waals surface area contributed by atoms with Gasteiger partial charge in [-0.05, 0) is 67.1 Å². The molecule has 0 N–H and O–H groups in total. The van der Waals surface area contributed by atoms with Crippen molar-refractivity contribution in [2.24, 2.45) is 7.05 Å². The van der Waals surface area contributed by atoms with Gasteiger partial charge >= 0.3 is 6.09 Å². The maximum Gasteiger partial charge on any atom is 0.410 e. The van der Waals surface area contributed by atoms with Gasteiger partial charge in [-0.25, -0.2) is 9.78 Å². The number of carbonyl (C=O) groups is 1. The fourth-order valence-corrected chi connectivity index (χ4v) is 4.43. The second-order valence-corrected chi connectivity index (χ2v) is 9.75. The lowest BCUT2D eigenvalue weighted by Crippen LogP contribution is -2.41. The summed E-state index contributed by atoms with van der Waals surface area (Å²) >= 11 is 3.51. The molecule has 30 heavy (non-hydrogen) atoms. The first kappa shape index (κ1) is 20.9. The van der Waals surface area contributed by atoms with Crippen molar-refractivity contribution >= 4 is 27.7 Å². The Hall–Kier alpha value is -2.35. The fourth-order valence-electron chi connectivity index (χ4n) is 3.93. The van der Waals surface area contributed by atoms with Crippen LogP contribution in [0.4, 0.5) is 4.79 Å². The predicted octanol–water partition coefficient (Wildman–Crippen LogP) is 4.54. The van der Waals surface area contributed by atoms with E-state index >= 15 is 0 Å². The van der Waals surface area contributed by atoms with Crippen molar-refractivity contribution < 1.29 is 9.53 Å². The first-order valence-electron chi connectivity index (χ1n) is 10.3. The Balaban J connectivity index is 1.43. The highest BCUT2D eigenvalue weighted by molar-refractivity contribution is 9.10. The third kappa shape index (κ3) is 4.69. The summed E-state index contributed by atoms with van der Waals surface area (Å²) in [5, 5.41) is 4.34. The third-order valence-electron chi connectivity index (χ3n) is 5.37. The van der Waals surface area contributed by atoms with Crippen LogP contribution in [0.2, 0.25) is 0 Å². The molecule has 8 heteroatoms. The number of ether oxygens (including phenoxy) is 1. The van der Waals surface area contributed by atoms with Gasteiger partial charge in [0.25, 0.3) is 0 Å². The Morgan fingerprint density at radius 1 is 1.20 bits per heavy atom. The van der Waals surface area contributed by atoms with Crippen molar-refractivity contribution in [1.82, 2.24) is 24.1 Å². The van der Waals surface area contributed by atoms with Gasteiger partial charge in [-0.2, -0.15) is 5.10 Å². The minimum Gasteiger partial charge on any atom is -0.444 e. The Kier molecular flexibility index (Phi) is 5.61. The molecule has 0 saturated carbocycles. The molecule has 0 spiro atoms. The van der Waals surface area contributed by atoms with Crippen LogP contribution in [0.5, 0.6) is 0 Å². The molecule has 7 nitrogen and oxygen atoms in total. The van der Waals surface area contributed by atoms with Gasteiger partial charge in [0.1, 0.15) is 15.9 Å². The zero-order valence-electron chi connectivity index (χ0n) is 17.9. The molecule has 1 saturated heterocycles. The van der Waals surface area contributed by atoms with Gasteiger partial charge in [0.05, 0.1) is 5.69 Å². The molecule has 4 heterocycles. The monoisotopic (exact) mass is 473 g/mol. The number of halogens is 1. The van der Waals surface area contributed by atoms with E-state index in [-0.39, 0.29) is 6.09 Å². The normalized spacial score (nSPS) is 15.7. The van der Waals surface area contributed by atoms with Gasteiger partial charge in [-0.1, -0.05) is 6.07 Å². The van der Waals surface area contributed by atoms with Gasteiger partial charge in [-0.15, -0.1) is 0 Å². The molecule has 0 atom stereocenters. The number of rotatable bonds is 3. The van der Waals surface area contributed by atoms with Crippen molar-refractivity contribution in [3.63, 3.8) is 0 Å². The average Bonchev–Trinajstić information content (AvgIpc) is 3.21. The number of amides is 1. The number of aromatic nitrogens is 4. The number of pyridine rings is 1. The quantitative estimate of drug-likeness (QED) is 0.560. The van der Waals surface area contributed by atoms with Crippen LogP contribution in [0.15, 0.2) is 35.3 Å². The zero-order chi connectivity index (χ0) is 21.5. The molecule has 1 fully saturated rings. The number of carbonyl (C=O) groups excluding carboxylic acids is 1. The van der Waals surface area contributed by atoms with E-state index in [0.717, 1.165) is 53.9 Å². The van der Waals surface area contributed by atoms with Crippen LogP contribution >= 0.6 is 15.9 Å². The Morgan fingerprint density at radius 2 is 1.93 bits per heavy atom. The maximum absolute atomic E-state index is 12.3. The molecule has 0 bridgehead atoms. The highest BCUT2D eigenvalue weighted by Crippen LogP contribution is 2.29. The van der Waals surface area contributed by atoms with Gasteiger partial charge < -0.3 is 14.0 Å². The first-order valence-corrected chi connectivity index (χ1v) is 11.1. The van der Waals surface area contributed by atoms with Crippen LogP contribution in [-0.4, -0.2) is 48.8 Å². The molecule has 3 aromatic rings. The third-order valence-corrected chi connectivity index (χ3v) is 6.03. The molecule has 1 aliphatic heterocycles. The van der Waals surface area contributed by atoms with E-state index in [4.69, 9.17) is 9.72 Å². The summed E-state index contributed by atoms with van der Waals surface area (Å²) in [4.78, 5) is 18.9. The Morgan fingerprint density at radius 3 is 2.57 bits per heavy atom. The number of hydrogen-bond donors (Lipinski definition) is 0. The number of hydrogen-bond acceptors (Lipinski definition) is 4. The number of imidazole rings is 1. The second-order valence-electron chi connectivity index (χ2n) is 9.00. The SMILES string of the molecule is Cn1cc(Cc2cn3cc(C4CCN(C(=O)OC(C)(C)C)CC4)ccc3n2)c(Br)n1. The number of nitrogens with zero attached hydrogens (tertiary/aromatic N) is 5. The summed E-state index contributed by atoms with van der Waals surface area (Å²) in [5.74, 6) is 0.436. The van der Waals surface area contributed by atoms with Crippen LogP contribution in [0.3, 0.4) is 0 Å². The number of piperidine rings is 1. The lowest BCUT2D eigenvalue weighted by Gasteiger charge is -2.33. The summed E-state index contributed by atoms with van der Waals surface area (Å²) in [6, 6.07) is 4.25. The highest BCUT2D eigenvalue weighted by atomic mass is 79.9. The van der Waals surface area contributed by atoms with Crippen LogP contribution in [0.1, 0.15) is 56.4 Å². The molecule has 0 radical (unpaired) electrons. The second kappa shape index (κ2) is 8.06. The number of aryl methyl sites for hydroxylation is 1. The van der Waals surface area contributed by atoms with Crippen molar-refractivity contribution in [1.29, 1.82) is 0 Å². The maximum atomic E-state index is 12.3. The number of likely N-dealkylation sites (tertiary alicyclic amines) is 1. The average molecular weight is 474 g/mol. The van der Waals surface area contributed by atoms with E-state index in [0.29, 0.717) is 5.92 Å². The zero-order valence-corrected chi connectivity index (χ0v) is 19.5. The number of fused-ring (bicyclic) bond motifs is 1. The van der Waals surface area contributed by atoms with Crippen LogP contribution in [0.25, 0.3) is 5.65 Å². The van der Waals surface area contributed by atoms with E-state index in [2.05, 4.69) is 50.0 Å². The van der Waals surface area contributed by atoms with E-state index < -0.39 is 5.60 Å². The van der Waals surface area contributed by atoms with Gasteiger partial charge in [-0.3, -0.25) is 4.68 Å². The lowest BCUT2D eigenvalue weighted by atomic mass is 9.90. The van der Waals surface area contributed by atoms with Crippen molar-refractivity contribution in [2.45, 2.75) is 51.6 Å². The van der Waals surface area contributed by atoms with Gasteiger partial charge in [0.15, 0.2) is 0 Å². The predicted molar refractivity (Wildman–Crippen MR) is 119 cm³/mol. The summed E-state index contributed by atoms with van der Waals surface area (Å²) in [5.41, 5.74) is 3.91. The Labute approximate surface area is 185 Å². The van der Waals surface area contributed by atoms with E-state index in [1.54, 1.807) is 4.68 Å². The molecule has 160 valence electrons. The molecule has 0 aromatic carbocycles. The van der Waals surface area contributed by atoms with E-state index in [1.165, 1.54) is 5.56 Å². The highest BCUT2D eigenvalue weighted by Gasteiger charge is 2.27. The largest absolute Gasteiger partial charge is 0.444 e. The summed E-state index contributed by atoms with van der Waals surface area (Å²) in [6.07, 6.45) is 8.69. The molecule has 0 unspecified atom stereocenters. The molecule has 3 aromatic heterocycles. The topological polar surface area (TPSA) is 64.7 Å². The van der Waals surface area contributed by atoms with Crippen molar-refractivity contribution in [3.8, 4) is 0 Å². The van der Waals surface area contributed by atoms with E-state index in [9.17, 15) is 4.79 Å². The molecule has 0 aliphatic carbocycles. The molecular formula is C22H28BrN5O2. The summed E-state index contributed by atoms with van der Waals surface area (Å²) < 4.78 is 10.3.